The Labute approximate surface area is 188 Å². The van der Waals surface area contributed by atoms with Crippen molar-refractivity contribution >= 4 is 27.3 Å². The number of nitrogens with zero attached hydrogens (tertiary/aromatic N) is 2. The molecule has 0 spiro atoms. The Morgan fingerprint density at radius 1 is 0.969 bits per heavy atom. The average molecular weight is 452 g/mol. The van der Waals surface area contributed by atoms with Crippen molar-refractivity contribution in [1.29, 1.82) is 0 Å². The van der Waals surface area contributed by atoms with Gasteiger partial charge in [-0.1, -0.05) is 55.5 Å². The summed E-state index contributed by atoms with van der Waals surface area (Å²) in [5, 5.41) is 14.0. The SMILES string of the molecule is CCc1ccccc1N(CC(=O)N/N=C(/C)c1ccccc1O)S(=O)(=O)c1ccccc1. The van der Waals surface area contributed by atoms with E-state index in [0.717, 1.165) is 9.87 Å². The van der Waals surface area contributed by atoms with Gasteiger partial charge in [-0.05, 0) is 49.2 Å². The molecule has 0 aliphatic heterocycles. The normalized spacial score (nSPS) is 11.8. The number of hydrazone groups is 1. The minimum Gasteiger partial charge on any atom is -0.507 e. The molecule has 0 radical (unpaired) electrons. The van der Waals surface area contributed by atoms with Gasteiger partial charge in [0.15, 0.2) is 0 Å². The molecule has 8 heteroatoms. The number of hydrogen-bond donors (Lipinski definition) is 2. The van der Waals surface area contributed by atoms with E-state index in [0.29, 0.717) is 23.4 Å². The molecule has 32 heavy (non-hydrogen) atoms. The summed E-state index contributed by atoms with van der Waals surface area (Å²) >= 11 is 0. The fourth-order valence-corrected chi connectivity index (χ4v) is 4.70. The van der Waals surface area contributed by atoms with Gasteiger partial charge in [-0.3, -0.25) is 9.10 Å². The largest absolute Gasteiger partial charge is 0.507 e. The highest BCUT2D eigenvalue weighted by molar-refractivity contribution is 7.92. The summed E-state index contributed by atoms with van der Waals surface area (Å²) in [5.41, 5.74) is 4.50. The Morgan fingerprint density at radius 2 is 1.59 bits per heavy atom. The number of phenols is 1. The lowest BCUT2D eigenvalue weighted by atomic mass is 10.1. The second-order valence-electron chi connectivity index (χ2n) is 7.06. The molecule has 0 saturated heterocycles. The highest BCUT2D eigenvalue weighted by Crippen LogP contribution is 2.27. The van der Waals surface area contributed by atoms with Crippen molar-refractivity contribution in [3.63, 3.8) is 0 Å². The van der Waals surface area contributed by atoms with Crippen molar-refractivity contribution in [3.8, 4) is 5.75 Å². The number of carbonyl (C=O) groups excluding carboxylic acids is 1. The molecule has 0 atom stereocenters. The third-order valence-electron chi connectivity index (χ3n) is 4.90. The van der Waals surface area contributed by atoms with Gasteiger partial charge in [0, 0.05) is 5.56 Å². The lowest BCUT2D eigenvalue weighted by Gasteiger charge is -2.25. The maximum absolute atomic E-state index is 13.4. The van der Waals surface area contributed by atoms with Gasteiger partial charge in [0.2, 0.25) is 0 Å². The minimum absolute atomic E-state index is 0.0353. The highest BCUT2D eigenvalue weighted by Gasteiger charge is 2.28. The van der Waals surface area contributed by atoms with Gasteiger partial charge in [-0.2, -0.15) is 5.10 Å². The Bertz CT molecular complexity index is 1220. The maximum atomic E-state index is 13.4. The van der Waals surface area contributed by atoms with E-state index in [1.807, 2.05) is 19.1 Å². The number of amides is 1. The van der Waals surface area contributed by atoms with E-state index in [1.165, 1.54) is 18.2 Å². The van der Waals surface area contributed by atoms with Crippen molar-refractivity contribution in [2.24, 2.45) is 5.10 Å². The van der Waals surface area contributed by atoms with Crippen LogP contribution in [0.15, 0.2) is 88.9 Å². The summed E-state index contributed by atoms with van der Waals surface area (Å²) in [6.07, 6.45) is 0.600. The van der Waals surface area contributed by atoms with E-state index < -0.39 is 22.5 Å². The number of aromatic hydroxyl groups is 1. The van der Waals surface area contributed by atoms with E-state index in [2.05, 4.69) is 10.5 Å². The van der Waals surface area contributed by atoms with Crippen LogP contribution in [0, 0.1) is 0 Å². The van der Waals surface area contributed by atoms with Gasteiger partial charge in [0.05, 0.1) is 16.3 Å². The van der Waals surface area contributed by atoms with Gasteiger partial charge in [0.1, 0.15) is 12.3 Å². The molecule has 0 aromatic heterocycles. The van der Waals surface area contributed by atoms with Crippen LogP contribution in [0.2, 0.25) is 0 Å². The van der Waals surface area contributed by atoms with Gasteiger partial charge >= 0.3 is 0 Å². The number of aryl methyl sites for hydroxylation is 1. The van der Waals surface area contributed by atoms with Gasteiger partial charge < -0.3 is 5.11 Å². The predicted molar refractivity (Wildman–Crippen MR) is 125 cm³/mol. The molecule has 3 aromatic rings. The van der Waals surface area contributed by atoms with Crippen molar-refractivity contribution in [3.05, 3.63) is 90.0 Å². The molecule has 0 bridgehead atoms. The zero-order valence-electron chi connectivity index (χ0n) is 17.9. The zero-order chi connectivity index (χ0) is 23.1. The number of rotatable bonds is 8. The number of anilines is 1. The summed E-state index contributed by atoms with van der Waals surface area (Å²) in [4.78, 5) is 12.8. The van der Waals surface area contributed by atoms with E-state index in [9.17, 15) is 18.3 Å². The third-order valence-corrected chi connectivity index (χ3v) is 6.68. The van der Waals surface area contributed by atoms with Crippen LogP contribution in [-0.2, 0) is 21.2 Å². The number of sulfonamides is 1. The van der Waals surface area contributed by atoms with Crippen molar-refractivity contribution in [1.82, 2.24) is 5.43 Å². The summed E-state index contributed by atoms with van der Waals surface area (Å²) in [7, 11) is -4.00. The zero-order valence-corrected chi connectivity index (χ0v) is 18.7. The van der Waals surface area contributed by atoms with Crippen molar-refractivity contribution < 1.29 is 18.3 Å². The summed E-state index contributed by atoms with van der Waals surface area (Å²) in [6.45, 7) is 3.11. The van der Waals surface area contributed by atoms with Crippen LogP contribution in [0.5, 0.6) is 5.75 Å². The Hall–Kier alpha value is -3.65. The Kier molecular flexibility index (Phi) is 7.27. The van der Waals surface area contributed by atoms with Crippen LogP contribution in [0.1, 0.15) is 25.0 Å². The molecule has 3 aromatic carbocycles. The van der Waals surface area contributed by atoms with Gasteiger partial charge in [-0.25, -0.2) is 13.8 Å². The molecular formula is C24H25N3O4S. The fourth-order valence-electron chi connectivity index (χ4n) is 3.22. The lowest BCUT2D eigenvalue weighted by Crippen LogP contribution is -2.40. The quantitative estimate of drug-likeness (QED) is 0.403. The Morgan fingerprint density at radius 3 is 2.28 bits per heavy atom. The molecule has 1 amide bonds. The van der Waals surface area contributed by atoms with Crippen LogP contribution < -0.4 is 9.73 Å². The van der Waals surface area contributed by atoms with Crippen LogP contribution in [-0.4, -0.2) is 31.7 Å². The van der Waals surface area contributed by atoms with Crippen LogP contribution in [0.4, 0.5) is 5.69 Å². The second kappa shape index (κ2) is 10.1. The standard InChI is InChI=1S/C24H25N3O4S/c1-3-19-11-7-9-15-22(19)27(32(30,31)20-12-5-4-6-13-20)17-24(29)26-25-18(2)21-14-8-10-16-23(21)28/h4-16,28H,3,17H2,1-2H3,(H,26,29)/b25-18-. The molecule has 166 valence electrons. The number of phenolic OH excluding ortho intramolecular Hbond substituents is 1. The molecule has 0 fully saturated rings. The average Bonchev–Trinajstić information content (AvgIpc) is 2.81. The summed E-state index contributed by atoms with van der Waals surface area (Å²) in [6, 6.07) is 21.7. The van der Waals surface area contributed by atoms with Crippen molar-refractivity contribution in [2.45, 2.75) is 25.2 Å². The lowest BCUT2D eigenvalue weighted by molar-refractivity contribution is -0.119. The molecule has 0 unspecified atom stereocenters. The molecule has 0 aliphatic carbocycles. The third kappa shape index (κ3) is 5.15. The smallest absolute Gasteiger partial charge is 0.264 e. The number of nitrogens with one attached hydrogen (secondary N) is 1. The number of hydrogen-bond acceptors (Lipinski definition) is 5. The highest BCUT2D eigenvalue weighted by atomic mass is 32.2. The van der Waals surface area contributed by atoms with E-state index in [-0.39, 0.29) is 10.6 Å². The molecule has 0 heterocycles. The van der Waals surface area contributed by atoms with Crippen LogP contribution >= 0.6 is 0 Å². The monoisotopic (exact) mass is 451 g/mol. The molecule has 0 saturated carbocycles. The van der Waals surface area contributed by atoms with Gasteiger partial charge in [0.25, 0.3) is 15.9 Å². The van der Waals surface area contributed by atoms with Crippen LogP contribution in [0.25, 0.3) is 0 Å². The predicted octanol–water partition coefficient (Wildman–Crippen LogP) is 3.69. The molecule has 0 aliphatic rings. The fraction of sp³-hybridized carbons (Fsp3) is 0.167. The number of carbonyl (C=O) groups is 1. The molecule has 2 N–H and O–H groups in total. The van der Waals surface area contributed by atoms with E-state index in [1.54, 1.807) is 55.5 Å². The first-order chi connectivity index (χ1) is 15.3. The molecular weight excluding hydrogens is 426 g/mol. The van der Waals surface area contributed by atoms with Gasteiger partial charge in [-0.15, -0.1) is 0 Å². The second-order valence-corrected chi connectivity index (χ2v) is 8.92. The number of para-hydroxylation sites is 2. The Balaban J connectivity index is 1.92. The molecule has 7 nitrogen and oxygen atoms in total. The van der Waals surface area contributed by atoms with E-state index >= 15 is 0 Å². The maximum Gasteiger partial charge on any atom is 0.264 e. The van der Waals surface area contributed by atoms with Crippen LogP contribution in [0.3, 0.4) is 0 Å². The van der Waals surface area contributed by atoms with E-state index in [4.69, 9.17) is 0 Å². The van der Waals surface area contributed by atoms with Crippen molar-refractivity contribution in [2.75, 3.05) is 10.8 Å². The topological polar surface area (TPSA) is 99.1 Å². The number of benzene rings is 3. The summed E-state index contributed by atoms with van der Waals surface area (Å²) in [5.74, 6) is -0.571. The minimum atomic E-state index is -4.00. The summed E-state index contributed by atoms with van der Waals surface area (Å²) < 4.78 is 27.9. The first-order valence-electron chi connectivity index (χ1n) is 10.1. The molecule has 3 rings (SSSR count). The first-order valence-corrected chi connectivity index (χ1v) is 11.6. The first kappa shape index (κ1) is 23.0.